The quantitative estimate of drug-likeness (QED) is 0.655. The van der Waals surface area contributed by atoms with E-state index in [1.165, 1.54) is 0 Å². The maximum atomic E-state index is 10.8. The number of aromatic amines is 1. The lowest BCUT2D eigenvalue weighted by atomic mass is 10.2. The molecule has 0 amide bonds. The molecular weight excluding hydrogens is 184 g/mol. The summed E-state index contributed by atoms with van der Waals surface area (Å²) in [5.74, 6) is -1.13. The summed E-state index contributed by atoms with van der Waals surface area (Å²) in [6.07, 6.45) is 1.67. The number of nitrogens with one attached hydrogen (secondary N) is 1. The highest BCUT2D eigenvalue weighted by Gasteiger charge is 2.12. The molecule has 0 aromatic carbocycles. The average molecular weight is 192 g/mol. The van der Waals surface area contributed by atoms with Crippen LogP contribution in [-0.4, -0.2) is 26.2 Å². The molecule has 72 valence electrons. The van der Waals surface area contributed by atoms with Crippen molar-refractivity contribution in [3.05, 3.63) is 29.6 Å². The number of rotatable bonds is 2. The van der Waals surface area contributed by atoms with Gasteiger partial charge in [0.25, 0.3) is 0 Å². The number of pyridine rings is 1. The third-order valence-corrected chi connectivity index (χ3v) is 1.98. The monoisotopic (exact) mass is 192 g/mol. The SMILES string of the molecule is O=C(O)c1nc2cc[nH]c2cc1CO. The maximum absolute atomic E-state index is 10.8. The van der Waals surface area contributed by atoms with Crippen LogP contribution in [-0.2, 0) is 6.61 Å². The van der Waals surface area contributed by atoms with E-state index in [0.717, 1.165) is 5.52 Å². The Balaban J connectivity index is 2.72. The summed E-state index contributed by atoms with van der Waals surface area (Å²) in [7, 11) is 0. The van der Waals surface area contributed by atoms with Gasteiger partial charge in [-0.1, -0.05) is 0 Å². The Hall–Kier alpha value is -1.88. The van der Waals surface area contributed by atoms with E-state index in [-0.39, 0.29) is 12.3 Å². The first-order chi connectivity index (χ1) is 6.72. The number of carboxylic acid groups (broad SMARTS) is 1. The molecule has 0 fully saturated rings. The lowest BCUT2D eigenvalue weighted by Gasteiger charge is -2.01. The second-order valence-electron chi connectivity index (χ2n) is 2.87. The van der Waals surface area contributed by atoms with Crippen molar-refractivity contribution in [2.75, 3.05) is 0 Å². The Labute approximate surface area is 79.0 Å². The Kier molecular flexibility index (Phi) is 1.94. The van der Waals surface area contributed by atoms with E-state index >= 15 is 0 Å². The van der Waals surface area contributed by atoms with Crippen molar-refractivity contribution >= 4 is 17.0 Å². The zero-order valence-corrected chi connectivity index (χ0v) is 7.19. The number of hydrogen-bond acceptors (Lipinski definition) is 3. The van der Waals surface area contributed by atoms with E-state index in [2.05, 4.69) is 9.97 Å². The van der Waals surface area contributed by atoms with Crippen LogP contribution in [0.25, 0.3) is 11.0 Å². The van der Waals surface area contributed by atoms with Gasteiger partial charge in [0, 0.05) is 11.8 Å². The number of aliphatic hydroxyl groups is 1. The Morgan fingerprint density at radius 2 is 2.36 bits per heavy atom. The van der Waals surface area contributed by atoms with Gasteiger partial charge in [0.2, 0.25) is 0 Å². The first-order valence-corrected chi connectivity index (χ1v) is 4.03. The number of H-pyrrole nitrogens is 1. The van der Waals surface area contributed by atoms with Crippen LogP contribution >= 0.6 is 0 Å². The van der Waals surface area contributed by atoms with E-state index in [1.54, 1.807) is 18.3 Å². The van der Waals surface area contributed by atoms with Crippen molar-refractivity contribution in [1.82, 2.24) is 9.97 Å². The second-order valence-corrected chi connectivity index (χ2v) is 2.87. The zero-order chi connectivity index (χ0) is 10.1. The fourth-order valence-corrected chi connectivity index (χ4v) is 1.33. The van der Waals surface area contributed by atoms with Crippen LogP contribution in [0.4, 0.5) is 0 Å². The van der Waals surface area contributed by atoms with Gasteiger partial charge in [0.15, 0.2) is 5.69 Å². The van der Waals surface area contributed by atoms with Crippen LogP contribution in [0.2, 0.25) is 0 Å². The van der Waals surface area contributed by atoms with Gasteiger partial charge in [-0.2, -0.15) is 0 Å². The fraction of sp³-hybridized carbons (Fsp3) is 0.111. The molecule has 0 unspecified atom stereocenters. The Bertz CT molecular complexity index is 490. The molecule has 5 heteroatoms. The fourth-order valence-electron chi connectivity index (χ4n) is 1.33. The topological polar surface area (TPSA) is 86.2 Å². The van der Waals surface area contributed by atoms with E-state index in [9.17, 15) is 4.79 Å². The van der Waals surface area contributed by atoms with Crippen molar-refractivity contribution in [1.29, 1.82) is 0 Å². The summed E-state index contributed by atoms with van der Waals surface area (Å²) in [6.45, 7) is -0.330. The van der Waals surface area contributed by atoms with Gasteiger partial charge >= 0.3 is 5.97 Å². The van der Waals surface area contributed by atoms with Crippen LogP contribution in [0.15, 0.2) is 18.3 Å². The number of carboxylic acids is 1. The number of aliphatic hydroxyl groups excluding tert-OH is 1. The molecule has 0 bridgehead atoms. The Morgan fingerprint density at radius 3 is 3.00 bits per heavy atom. The van der Waals surface area contributed by atoms with Gasteiger partial charge in [-0.3, -0.25) is 0 Å². The number of nitrogens with zero attached hydrogens (tertiary/aromatic N) is 1. The van der Waals surface area contributed by atoms with Crippen LogP contribution in [0.3, 0.4) is 0 Å². The number of aromatic carboxylic acids is 1. The van der Waals surface area contributed by atoms with Crippen LogP contribution in [0.1, 0.15) is 16.1 Å². The highest BCUT2D eigenvalue weighted by molar-refractivity contribution is 5.90. The zero-order valence-electron chi connectivity index (χ0n) is 7.19. The summed E-state index contributed by atoms with van der Waals surface area (Å²) >= 11 is 0. The molecule has 0 atom stereocenters. The van der Waals surface area contributed by atoms with Gasteiger partial charge in [-0.05, 0) is 12.1 Å². The van der Waals surface area contributed by atoms with Crippen molar-refractivity contribution in [2.24, 2.45) is 0 Å². The summed E-state index contributed by atoms with van der Waals surface area (Å²) < 4.78 is 0. The highest BCUT2D eigenvalue weighted by atomic mass is 16.4. The second kappa shape index (κ2) is 3.12. The Morgan fingerprint density at radius 1 is 1.57 bits per heavy atom. The molecule has 0 spiro atoms. The molecule has 0 radical (unpaired) electrons. The smallest absolute Gasteiger partial charge is 0.354 e. The number of carbonyl (C=O) groups is 1. The van der Waals surface area contributed by atoms with E-state index < -0.39 is 5.97 Å². The average Bonchev–Trinajstić information content (AvgIpc) is 2.62. The largest absolute Gasteiger partial charge is 0.477 e. The lowest BCUT2D eigenvalue weighted by Crippen LogP contribution is -2.05. The lowest BCUT2D eigenvalue weighted by molar-refractivity contribution is 0.0687. The minimum absolute atomic E-state index is 0.0976. The molecule has 0 aliphatic rings. The highest BCUT2D eigenvalue weighted by Crippen LogP contribution is 2.15. The van der Waals surface area contributed by atoms with Crippen molar-refractivity contribution < 1.29 is 15.0 Å². The maximum Gasteiger partial charge on any atom is 0.354 e. The molecule has 0 aliphatic carbocycles. The minimum Gasteiger partial charge on any atom is -0.477 e. The normalized spacial score (nSPS) is 10.6. The minimum atomic E-state index is -1.13. The molecule has 5 nitrogen and oxygen atoms in total. The van der Waals surface area contributed by atoms with Crippen molar-refractivity contribution in [2.45, 2.75) is 6.61 Å². The van der Waals surface area contributed by atoms with E-state index in [0.29, 0.717) is 11.1 Å². The third kappa shape index (κ3) is 1.23. The molecule has 2 rings (SSSR count). The molecule has 0 aliphatic heterocycles. The van der Waals surface area contributed by atoms with Crippen LogP contribution in [0, 0.1) is 0 Å². The predicted molar refractivity (Wildman–Crippen MR) is 49.0 cm³/mol. The summed E-state index contributed by atoms with van der Waals surface area (Å²) in [5, 5.41) is 17.8. The molecule has 14 heavy (non-hydrogen) atoms. The standard InChI is InChI=1S/C9H8N2O3/c12-4-5-3-7-6(1-2-10-7)11-8(5)9(13)14/h1-3,10,12H,4H2,(H,13,14). The van der Waals surface area contributed by atoms with Crippen LogP contribution < -0.4 is 0 Å². The first-order valence-electron chi connectivity index (χ1n) is 4.03. The summed E-state index contributed by atoms with van der Waals surface area (Å²) in [5.41, 5.74) is 1.52. The summed E-state index contributed by atoms with van der Waals surface area (Å²) in [6, 6.07) is 3.27. The van der Waals surface area contributed by atoms with E-state index in [4.69, 9.17) is 10.2 Å². The first kappa shape index (κ1) is 8.71. The molecule has 2 aromatic heterocycles. The molecule has 0 saturated heterocycles. The van der Waals surface area contributed by atoms with Gasteiger partial charge < -0.3 is 15.2 Å². The third-order valence-electron chi connectivity index (χ3n) is 1.98. The van der Waals surface area contributed by atoms with Crippen LogP contribution in [0.5, 0.6) is 0 Å². The molecule has 0 saturated carbocycles. The van der Waals surface area contributed by atoms with E-state index in [1.807, 2.05) is 0 Å². The van der Waals surface area contributed by atoms with Gasteiger partial charge in [0.1, 0.15) is 0 Å². The van der Waals surface area contributed by atoms with Gasteiger partial charge in [-0.25, -0.2) is 9.78 Å². The number of hydrogen-bond donors (Lipinski definition) is 3. The van der Waals surface area contributed by atoms with Gasteiger partial charge in [-0.15, -0.1) is 0 Å². The number of aromatic nitrogens is 2. The molecule has 2 heterocycles. The molecule has 2 aromatic rings. The number of fused-ring (bicyclic) bond motifs is 1. The van der Waals surface area contributed by atoms with Gasteiger partial charge in [0.05, 0.1) is 17.6 Å². The summed E-state index contributed by atoms with van der Waals surface area (Å²) in [4.78, 5) is 17.6. The molecular formula is C9H8N2O3. The van der Waals surface area contributed by atoms with Crippen molar-refractivity contribution in [3.8, 4) is 0 Å². The predicted octanol–water partition coefficient (Wildman–Crippen LogP) is 0.753. The molecule has 3 N–H and O–H groups in total. The van der Waals surface area contributed by atoms with Crippen molar-refractivity contribution in [3.63, 3.8) is 0 Å².